The summed E-state index contributed by atoms with van der Waals surface area (Å²) in [6.45, 7) is 0.452. The number of fused-ring (bicyclic) bond motifs is 1. The van der Waals surface area contributed by atoms with Gasteiger partial charge >= 0.3 is 0 Å². The van der Waals surface area contributed by atoms with Gasteiger partial charge in [0.05, 0.1) is 13.2 Å². The monoisotopic (exact) mass is 328 g/mol. The number of hydrogen-bond donors (Lipinski definition) is 2. The van der Waals surface area contributed by atoms with E-state index in [1.54, 1.807) is 4.90 Å². The third-order valence-corrected chi connectivity index (χ3v) is 4.75. The highest BCUT2D eigenvalue weighted by molar-refractivity contribution is 6.10. The van der Waals surface area contributed by atoms with Gasteiger partial charge in [-0.25, -0.2) is 0 Å². The molecule has 1 fully saturated rings. The van der Waals surface area contributed by atoms with Gasteiger partial charge < -0.3 is 20.0 Å². The number of carbonyl (C=O) groups is 1. The van der Waals surface area contributed by atoms with Crippen molar-refractivity contribution in [2.75, 3.05) is 38.7 Å². The number of amides is 1. The Balaban J connectivity index is 2.00. The molecule has 2 N–H and O–H groups in total. The predicted octanol–water partition coefficient (Wildman–Crippen LogP) is 1.87. The van der Waals surface area contributed by atoms with E-state index < -0.39 is 5.60 Å². The first kappa shape index (κ1) is 16.7. The van der Waals surface area contributed by atoms with E-state index in [0.29, 0.717) is 24.9 Å². The second kappa shape index (κ2) is 6.42. The van der Waals surface area contributed by atoms with Gasteiger partial charge in [-0.2, -0.15) is 0 Å². The number of aliphatic hydroxyl groups excluding tert-OH is 1. The van der Waals surface area contributed by atoms with Crippen LogP contribution in [0.1, 0.15) is 23.2 Å². The van der Waals surface area contributed by atoms with Crippen molar-refractivity contribution in [2.24, 2.45) is 0 Å². The molecule has 0 radical (unpaired) electrons. The smallest absolute Gasteiger partial charge is 0.254 e. The van der Waals surface area contributed by atoms with E-state index in [2.05, 4.69) is 0 Å². The number of benzene rings is 2. The number of anilines is 1. The lowest BCUT2D eigenvalue weighted by molar-refractivity contribution is -0.0598. The van der Waals surface area contributed by atoms with E-state index in [-0.39, 0.29) is 19.1 Å². The molecule has 5 nitrogen and oxygen atoms in total. The van der Waals surface area contributed by atoms with Crippen molar-refractivity contribution in [2.45, 2.75) is 18.4 Å². The minimum Gasteiger partial charge on any atom is -0.393 e. The van der Waals surface area contributed by atoms with E-state index in [4.69, 9.17) is 0 Å². The van der Waals surface area contributed by atoms with Gasteiger partial charge in [0.25, 0.3) is 5.91 Å². The largest absolute Gasteiger partial charge is 0.393 e. The van der Waals surface area contributed by atoms with Crippen molar-refractivity contribution in [1.82, 2.24) is 4.90 Å². The van der Waals surface area contributed by atoms with Crippen molar-refractivity contribution in [3.8, 4) is 0 Å². The maximum absolute atomic E-state index is 13.0. The number of hydrogen-bond acceptors (Lipinski definition) is 4. The number of rotatable bonds is 3. The lowest BCUT2D eigenvalue weighted by atomic mass is 9.92. The molecule has 1 aliphatic rings. The summed E-state index contributed by atoms with van der Waals surface area (Å²) < 4.78 is 0. The van der Waals surface area contributed by atoms with Gasteiger partial charge in [-0.05, 0) is 30.4 Å². The molecule has 1 saturated heterocycles. The third kappa shape index (κ3) is 2.97. The van der Waals surface area contributed by atoms with Crippen LogP contribution in [0, 0.1) is 0 Å². The lowest BCUT2D eigenvalue weighted by Gasteiger charge is -2.38. The Morgan fingerprint density at radius 1 is 1.21 bits per heavy atom. The summed E-state index contributed by atoms with van der Waals surface area (Å²) in [4.78, 5) is 16.7. The second-order valence-electron chi connectivity index (χ2n) is 6.78. The zero-order chi connectivity index (χ0) is 17.3. The minimum atomic E-state index is -1.19. The van der Waals surface area contributed by atoms with E-state index in [9.17, 15) is 15.0 Å². The highest BCUT2D eigenvalue weighted by Gasteiger charge is 2.35. The fourth-order valence-electron chi connectivity index (χ4n) is 3.44. The van der Waals surface area contributed by atoms with Crippen LogP contribution in [0.15, 0.2) is 36.4 Å². The second-order valence-corrected chi connectivity index (χ2v) is 6.78. The molecule has 1 amide bonds. The summed E-state index contributed by atoms with van der Waals surface area (Å²) in [6, 6.07) is 11.7. The first-order valence-electron chi connectivity index (χ1n) is 8.27. The molecule has 24 heavy (non-hydrogen) atoms. The van der Waals surface area contributed by atoms with Crippen molar-refractivity contribution >= 4 is 22.4 Å². The Bertz CT molecular complexity index is 759. The Morgan fingerprint density at radius 2 is 1.92 bits per heavy atom. The molecule has 0 saturated carbocycles. The van der Waals surface area contributed by atoms with Crippen LogP contribution in [0.2, 0.25) is 0 Å². The maximum atomic E-state index is 13.0. The molecule has 0 aromatic heterocycles. The summed E-state index contributed by atoms with van der Waals surface area (Å²) in [7, 11) is 3.96. The van der Waals surface area contributed by atoms with E-state index in [0.717, 1.165) is 16.5 Å². The Labute approximate surface area is 142 Å². The van der Waals surface area contributed by atoms with Gasteiger partial charge in [-0.1, -0.05) is 24.3 Å². The van der Waals surface area contributed by atoms with Gasteiger partial charge in [-0.3, -0.25) is 4.79 Å². The summed E-state index contributed by atoms with van der Waals surface area (Å²) in [6.07, 6.45) is 1.21. The highest BCUT2D eigenvalue weighted by Crippen LogP contribution is 2.30. The highest BCUT2D eigenvalue weighted by atomic mass is 16.3. The average Bonchev–Trinajstić information content (AvgIpc) is 2.60. The first-order valence-corrected chi connectivity index (χ1v) is 8.27. The number of aliphatic hydroxyl groups is 2. The lowest BCUT2D eigenvalue weighted by Crippen LogP contribution is -2.52. The van der Waals surface area contributed by atoms with Gasteiger partial charge in [0.15, 0.2) is 0 Å². The number of piperidine rings is 1. The van der Waals surface area contributed by atoms with E-state index in [1.165, 1.54) is 0 Å². The summed E-state index contributed by atoms with van der Waals surface area (Å²) in [5.41, 5.74) is 0.513. The number of likely N-dealkylation sites (tertiary alicyclic amines) is 1. The van der Waals surface area contributed by atoms with Crippen molar-refractivity contribution in [3.63, 3.8) is 0 Å². The molecule has 0 unspecified atom stereocenters. The van der Waals surface area contributed by atoms with Gasteiger partial charge in [0.2, 0.25) is 0 Å². The third-order valence-electron chi connectivity index (χ3n) is 4.75. The van der Waals surface area contributed by atoms with Gasteiger partial charge in [-0.15, -0.1) is 0 Å². The standard InChI is InChI=1S/C19H24N2O3/c1-20(2)17-9-8-16(14-6-3-4-7-15(14)17)18(23)21-11-5-10-19(24,12-21)13-22/h3-4,6-9,22,24H,5,10-13H2,1-2H3/t19-/m0/s1. The van der Waals surface area contributed by atoms with Crippen LogP contribution in [-0.2, 0) is 0 Å². The fraction of sp³-hybridized carbons (Fsp3) is 0.421. The average molecular weight is 328 g/mol. The summed E-state index contributed by atoms with van der Waals surface area (Å²) in [5, 5.41) is 21.7. The SMILES string of the molecule is CN(C)c1ccc(C(=O)N2CCC[C@@](O)(CO)C2)c2ccccc12. The molecular formula is C19H24N2O3. The zero-order valence-electron chi connectivity index (χ0n) is 14.2. The van der Waals surface area contributed by atoms with Crippen LogP contribution in [0.3, 0.4) is 0 Å². The molecule has 5 heteroatoms. The number of β-amino-alcohol motifs (C(OH)–C–C–N with tert-alkyl or cyclic N) is 1. The normalized spacial score (nSPS) is 21.1. The topological polar surface area (TPSA) is 64.0 Å². The van der Waals surface area contributed by atoms with Crippen molar-refractivity contribution in [1.29, 1.82) is 0 Å². The van der Waals surface area contributed by atoms with Crippen LogP contribution in [0.25, 0.3) is 10.8 Å². The van der Waals surface area contributed by atoms with E-state index in [1.807, 2.05) is 55.4 Å². The Kier molecular flexibility index (Phi) is 4.47. The quantitative estimate of drug-likeness (QED) is 0.903. The maximum Gasteiger partial charge on any atom is 0.254 e. The minimum absolute atomic E-state index is 0.0944. The van der Waals surface area contributed by atoms with Crippen LogP contribution < -0.4 is 4.90 Å². The zero-order valence-corrected chi connectivity index (χ0v) is 14.2. The fourth-order valence-corrected chi connectivity index (χ4v) is 3.44. The number of nitrogens with zero attached hydrogens (tertiary/aromatic N) is 2. The van der Waals surface area contributed by atoms with Crippen LogP contribution in [0.5, 0.6) is 0 Å². The predicted molar refractivity (Wildman–Crippen MR) is 95.4 cm³/mol. The molecular weight excluding hydrogens is 304 g/mol. The van der Waals surface area contributed by atoms with Crippen molar-refractivity contribution < 1.29 is 15.0 Å². The summed E-state index contributed by atoms with van der Waals surface area (Å²) in [5.74, 6) is -0.0944. The molecule has 0 aliphatic carbocycles. The number of carbonyl (C=O) groups excluding carboxylic acids is 1. The molecule has 1 aliphatic heterocycles. The molecule has 128 valence electrons. The molecule has 2 aromatic carbocycles. The molecule has 0 spiro atoms. The molecule has 0 bridgehead atoms. The van der Waals surface area contributed by atoms with Gasteiger partial charge in [0, 0.05) is 37.3 Å². The van der Waals surface area contributed by atoms with Crippen LogP contribution >= 0.6 is 0 Å². The Morgan fingerprint density at radius 3 is 2.58 bits per heavy atom. The molecule has 1 heterocycles. The van der Waals surface area contributed by atoms with Crippen LogP contribution in [-0.4, -0.2) is 60.4 Å². The van der Waals surface area contributed by atoms with E-state index >= 15 is 0 Å². The molecule has 2 aromatic rings. The van der Waals surface area contributed by atoms with Gasteiger partial charge in [0.1, 0.15) is 5.60 Å². The molecule has 1 atom stereocenters. The molecule has 3 rings (SSSR count). The summed E-state index contributed by atoms with van der Waals surface area (Å²) >= 11 is 0. The first-order chi connectivity index (χ1) is 11.4. The van der Waals surface area contributed by atoms with Crippen LogP contribution in [0.4, 0.5) is 5.69 Å². The van der Waals surface area contributed by atoms with Crippen molar-refractivity contribution in [3.05, 3.63) is 42.0 Å². The Hall–Kier alpha value is -2.11.